The minimum absolute atomic E-state index is 0.141. The van der Waals surface area contributed by atoms with Crippen molar-refractivity contribution >= 4 is 5.91 Å². The monoisotopic (exact) mass is 168 g/mol. The van der Waals surface area contributed by atoms with Crippen LogP contribution in [-0.2, 0) is 0 Å². The van der Waals surface area contributed by atoms with E-state index in [2.05, 4.69) is 5.32 Å². The summed E-state index contributed by atoms with van der Waals surface area (Å²) in [6.07, 6.45) is 1.43. The minimum Gasteiger partial charge on any atom is -0.469 e. The molecule has 1 amide bonds. The van der Waals surface area contributed by atoms with Gasteiger partial charge in [0.05, 0.1) is 5.56 Å². The van der Waals surface area contributed by atoms with Crippen LogP contribution in [0.2, 0.25) is 0 Å². The topological polar surface area (TPSA) is 68.3 Å². The molecule has 0 spiro atoms. The molecule has 1 heterocycles. The predicted molar refractivity (Wildman–Crippen MR) is 44.8 cm³/mol. The highest BCUT2D eigenvalue weighted by Gasteiger charge is 2.06. The second kappa shape index (κ2) is 3.92. The fourth-order valence-electron chi connectivity index (χ4n) is 0.850. The average molecular weight is 168 g/mol. The molecule has 1 rings (SSSR count). The van der Waals surface area contributed by atoms with Crippen LogP contribution in [-0.4, -0.2) is 19.0 Å². The first-order chi connectivity index (χ1) is 5.74. The number of amides is 1. The number of hydrogen-bond acceptors (Lipinski definition) is 3. The fraction of sp³-hybridized carbons (Fsp3) is 0.375. The van der Waals surface area contributed by atoms with Gasteiger partial charge in [-0.05, 0) is 13.0 Å². The van der Waals surface area contributed by atoms with Crippen molar-refractivity contribution < 1.29 is 9.21 Å². The quantitative estimate of drug-likeness (QED) is 0.681. The van der Waals surface area contributed by atoms with E-state index in [1.807, 2.05) is 0 Å². The fourth-order valence-corrected chi connectivity index (χ4v) is 0.850. The van der Waals surface area contributed by atoms with Crippen LogP contribution in [0.4, 0.5) is 0 Å². The zero-order chi connectivity index (χ0) is 8.97. The maximum atomic E-state index is 11.2. The molecule has 12 heavy (non-hydrogen) atoms. The molecule has 0 bridgehead atoms. The second-order valence-electron chi connectivity index (χ2n) is 2.49. The highest BCUT2D eigenvalue weighted by Crippen LogP contribution is 2.05. The summed E-state index contributed by atoms with van der Waals surface area (Å²) in [4.78, 5) is 11.2. The van der Waals surface area contributed by atoms with Crippen molar-refractivity contribution in [2.45, 2.75) is 6.92 Å². The van der Waals surface area contributed by atoms with Gasteiger partial charge in [-0.3, -0.25) is 4.79 Å². The maximum absolute atomic E-state index is 11.2. The zero-order valence-corrected chi connectivity index (χ0v) is 6.96. The Morgan fingerprint density at radius 3 is 3.00 bits per heavy atom. The van der Waals surface area contributed by atoms with Crippen LogP contribution in [0.15, 0.2) is 16.7 Å². The summed E-state index contributed by atoms with van der Waals surface area (Å²) in [7, 11) is 0. The van der Waals surface area contributed by atoms with Gasteiger partial charge in [-0.1, -0.05) is 0 Å². The van der Waals surface area contributed by atoms with Crippen molar-refractivity contribution in [3.8, 4) is 0 Å². The van der Waals surface area contributed by atoms with E-state index in [4.69, 9.17) is 10.2 Å². The Labute approximate surface area is 70.7 Å². The summed E-state index contributed by atoms with van der Waals surface area (Å²) < 4.78 is 4.97. The first-order valence-corrected chi connectivity index (χ1v) is 3.77. The van der Waals surface area contributed by atoms with Crippen molar-refractivity contribution in [1.82, 2.24) is 5.32 Å². The number of carbonyl (C=O) groups is 1. The number of furan rings is 1. The molecule has 4 heteroatoms. The Morgan fingerprint density at radius 1 is 1.75 bits per heavy atom. The van der Waals surface area contributed by atoms with Crippen LogP contribution >= 0.6 is 0 Å². The van der Waals surface area contributed by atoms with E-state index in [0.29, 0.717) is 18.7 Å². The van der Waals surface area contributed by atoms with Crippen molar-refractivity contribution in [3.63, 3.8) is 0 Å². The molecule has 0 aliphatic rings. The molecule has 3 N–H and O–H groups in total. The first kappa shape index (κ1) is 8.80. The Bertz CT molecular complexity index is 268. The molecule has 0 unspecified atom stereocenters. The molecule has 0 aliphatic carbocycles. The Balaban J connectivity index is 2.53. The number of carbonyl (C=O) groups excluding carboxylic acids is 1. The van der Waals surface area contributed by atoms with Crippen LogP contribution in [0.1, 0.15) is 16.1 Å². The van der Waals surface area contributed by atoms with Gasteiger partial charge in [0.2, 0.25) is 0 Å². The Kier molecular flexibility index (Phi) is 2.88. The summed E-state index contributed by atoms with van der Waals surface area (Å²) in [5.41, 5.74) is 5.76. The zero-order valence-electron chi connectivity index (χ0n) is 6.96. The highest BCUT2D eigenvalue weighted by atomic mass is 16.3. The van der Waals surface area contributed by atoms with Crippen LogP contribution in [0, 0.1) is 6.92 Å². The van der Waals surface area contributed by atoms with Gasteiger partial charge in [0, 0.05) is 13.1 Å². The molecular formula is C8H12N2O2. The van der Waals surface area contributed by atoms with Gasteiger partial charge in [0.1, 0.15) is 12.0 Å². The first-order valence-electron chi connectivity index (χ1n) is 3.77. The van der Waals surface area contributed by atoms with E-state index in [9.17, 15) is 4.79 Å². The Morgan fingerprint density at radius 2 is 2.50 bits per heavy atom. The van der Waals surface area contributed by atoms with Gasteiger partial charge < -0.3 is 15.5 Å². The summed E-state index contributed by atoms with van der Waals surface area (Å²) in [6.45, 7) is 2.73. The van der Waals surface area contributed by atoms with Gasteiger partial charge in [0.15, 0.2) is 0 Å². The number of aryl methyl sites for hydroxylation is 1. The summed E-state index contributed by atoms with van der Waals surface area (Å²) in [6, 6.07) is 1.69. The lowest BCUT2D eigenvalue weighted by molar-refractivity contribution is 0.0954. The number of nitrogens with one attached hydrogen (secondary N) is 1. The standard InChI is InChI=1S/C8H12N2O2/c1-6-4-7(5-12-6)8(11)10-3-2-9/h4-5H,2-3,9H2,1H3,(H,10,11). The molecule has 0 fully saturated rings. The largest absolute Gasteiger partial charge is 0.469 e. The summed E-state index contributed by atoms with van der Waals surface area (Å²) >= 11 is 0. The van der Waals surface area contributed by atoms with Gasteiger partial charge in [0.25, 0.3) is 5.91 Å². The van der Waals surface area contributed by atoms with Gasteiger partial charge in [-0.2, -0.15) is 0 Å². The molecule has 0 radical (unpaired) electrons. The molecule has 0 atom stereocenters. The van der Waals surface area contributed by atoms with E-state index in [-0.39, 0.29) is 5.91 Å². The van der Waals surface area contributed by atoms with E-state index in [1.54, 1.807) is 13.0 Å². The lowest BCUT2D eigenvalue weighted by Crippen LogP contribution is -2.28. The van der Waals surface area contributed by atoms with E-state index < -0.39 is 0 Å². The van der Waals surface area contributed by atoms with Gasteiger partial charge >= 0.3 is 0 Å². The van der Waals surface area contributed by atoms with E-state index in [0.717, 1.165) is 5.76 Å². The number of hydrogen-bond donors (Lipinski definition) is 2. The van der Waals surface area contributed by atoms with Crippen LogP contribution in [0.3, 0.4) is 0 Å². The van der Waals surface area contributed by atoms with E-state index in [1.165, 1.54) is 6.26 Å². The maximum Gasteiger partial charge on any atom is 0.254 e. The lowest BCUT2D eigenvalue weighted by atomic mass is 10.3. The summed E-state index contributed by atoms with van der Waals surface area (Å²) in [5.74, 6) is 0.588. The third kappa shape index (κ3) is 2.10. The average Bonchev–Trinajstić information content (AvgIpc) is 2.47. The Hall–Kier alpha value is -1.29. The number of rotatable bonds is 3. The van der Waals surface area contributed by atoms with Crippen LogP contribution < -0.4 is 11.1 Å². The van der Waals surface area contributed by atoms with Crippen molar-refractivity contribution in [3.05, 3.63) is 23.7 Å². The molecule has 0 saturated heterocycles. The van der Waals surface area contributed by atoms with Crippen molar-refractivity contribution in [2.24, 2.45) is 5.73 Å². The lowest BCUT2D eigenvalue weighted by Gasteiger charge is -1.98. The van der Waals surface area contributed by atoms with Crippen molar-refractivity contribution in [2.75, 3.05) is 13.1 Å². The molecule has 4 nitrogen and oxygen atoms in total. The van der Waals surface area contributed by atoms with Crippen molar-refractivity contribution in [1.29, 1.82) is 0 Å². The smallest absolute Gasteiger partial charge is 0.254 e. The molecular weight excluding hydrogens is 156 g/mol. The normalized spacial score (nSPS) is 9.83. The molecule has 1 aromatic rings. The highest BCUT2D eigenvalue weighted by molar-refractivity contribution is 5.93. The molecule has 1 aromatic heterocycles. The third-order valence-corrected chi connectivity index (χ3v) is 1.42. The number of nitrogens with two attached hydrogens (primary N) is 1. The minimum atomic E-state index is -0.141. The summed E-state index contributed by atoms with van der Waals surface area (Å²) in [5, 5.41) is 2.64. The predicted octanol–water partition coefficient (Wildman–Crippen LogP) is 0.277. The van der Waals surface area contributed by atoms with E-state index >= 15 is 0 Å². The molecule has 0 aromatic carbocycles. The molecule has 66 valence electrons. The van der Waals surface area contributed by atoms with Crippen LogP contribution in [0.25, 0.3) is 0 Å². The third-order valence-electron chi connectivity index (χ3n) is 1.42. The van der Waals surface area contributed by atoms with Crippen LogP contribution in [0.5, 0.6) is 0 Å². The molecule has 0 saturated carbocycles. The SMILES string of the molecule is Cc1cc(C(=O)NCCN)co1. The molecule has 0 aliphatic heterocycles. The van der Waals surface area contributed by atoms with Gasteiger partial charge in [-0.15, -0.1) is 0 Å². The van der Waals surface area contributed by atoms with Gasteiger partial charge in [-0.25, -0.2) is 0 Å². The second-order valence-corrected chi connectivity index (χ2v) is 2.49.